The van der Waals surface area contributed by atoms with Gasteiger partial charge in [0.15, 0.2) is 0 Å². The van der Waals surface area contributed by atoms with Crippen LogP contribution in [0, 0.1) is 12.8 Å². The lowest BCUT2D eigenvalue weighted by molar-refractivity contribution is -0.139. The van der Waals surface area contributed by atoms with Gasteiger partial charge >= 0.3 is 5.97 Å². The zero-order valence-corrected chi connectivity index (χ0v) is 32.3. The number of benzene rings is 3. The second-order valence-electron chi connectivity index (χ2n) is 13.1. The normalized spacial score (nSPS) is 17.5. The molecule has 10 heteroatoms. The Balaban J connectivity index is 0.000000838. The summed E-state index contributed by atoms with van der Waals surface area (Å²) in [5.41, 5.74) is 5.41. The molecule has 268 valence electrons. The number of aliphatic carboxylic acids is 1. The van der Waals surface area contributed by atoms with Gasteiger partial charge in [-0.1, -0.05) is 80.9 Å². The van der Waals surface area contributed by atoms with Gasteiger partial charge < -0.3 is 10.4 Å². The average Bonchev–Trinajstić information content (AvgIpc) is 3.43. The van der Waals surface area contributed by atoms with Crippen molar-refractivity contribution in [3.8, 4) is 11.1 Å². The fourth-order valence-electron chi connectivity index (χ4n) is 6.17. The van der Waals surface area contributed by atoms with Crippen molar-refractivity contribution in [2.45, 2.75) is 77.5 Å². The largest absolute Gasteiger partial charge is 0.480 e. The van der Waals surface area contributed by atoms with Crippen LogP contribution in [0.5, 0.6) is 0 Å². The monoisotopic (exact) mass is 726 g/mol. The topological polar surface area (TPSA) is 104 Å². The summed E-state index contributed by atoms with van der Waals surface area (Å²) in [6.45, 7) is 7.26. The summed E-state index contributed by atoms with van der Waals surface area (Å²) in [6, 6.07) is 23.8. The first-order valence-corrected chi connectivity index (χ1v) is 21.9. The van der Waals surface area contributed by atoms with Crippen LogP contribution >= 0.6 is 23.5 Å². The van der Waals surface area contributed by atoms with Crippen molar-refractivity contribution in [2.75, 3.05) is 36.0 Å². The number of aryl methyl sites for hydroxylation is 1. The summed E-state index contributed by atoms with van der Waals surface area (Å²) in [5, 5.41) is 12.3. The summed E-state index contributed by atoms with van der Waals surface area (Å²) < 4.78 is 23.3. The molecule has 4 rings (SSSR count). The molecule has 3 aromatic rings. The highest BCUT2D eigenvalue weighted by atomic mass is 32.2. The number of thioether (sulfide) groups is 2. The number of carboxylic acid groups (broad SMARTS) is 1. The van der Waals surface area contributed by atoms with E-state index in [1.54, 1.807) is 6.07 Å². The number of nitrogens with one attached hydrogen (secondary N) is 1. The highest BCUT2D eigenvalue weighted by Crippen LogP contribution is 2.33. The molecule has 1 heterocycles. The van der Waals surface area contributed by atoms with Gasteiger partial charge in [0, 0.05) is 36.2 Å². The molecule has 49 heavy (non-hydrogen) atoms. The maximum absolute atomic E-state index is 13.5. The Morgan fingerprint density at radius 2 is 1.61 bits per heavy atom. The molecule has 0 radical (unpaired) electrons. The summed E-state index contributed by atoms with van der Waals surface area (Å²) in [6.07, 6.45) is 9.74. The Bertz CT molecular complexity index is 1600. The molecule has 1 aliphatic heterocycles. The van der Waals surface area contributed by atoms with Crippen LogP contribution in [0.2, 0.25) is 0 Å². The molecule has 2 N–H and O–H groups in total. The summed E-state index contributed by atoms with van der Waals surface area (Å²) in [5.74, 6) is 1.15. The van der Waals surface area contributed by atoms with Gasteiger partial charge in [-0.2, -0.15) is 23.5 Å². The fraction of sp³-hybridized carbons (Fsp3) is 0.487. The second kappa shape index (κ2) is 20.2. The van der Waals surface area contributed by atoms with Gasteiger partial charge in [0.25, 0.3) is 5.91 Å². The van der Waals surface area contributed by atoms with E-state index in [0.29, 0.717) is 17.6 Å². The van der Waals surface area contributed by atoms with Gasteiger partial charge in [0.05, 0.1) is 5.75 Å². The van der Waals surface area contributed by atoms with Crippen molar-refractivity contribution < 1.29 is 23.1 Å². The highest BCUT2D eigenvalue weighted by Gasteiger charge is 2.33. The van der Waals surface area contributed by atoms with Crippen molar-refractivity contribution in [2.24, 2.45) is 5.92 Å². The van der Waals surface area contributed by atoms with Gasteiger partial charge in [0.1, 0.15) is 15.9 Å². The second-order valence-corrected chi connectivity index (χ2v) is 17.2. The van der Waals surface area contributed by atoms with E-state index in [4.69, 9.17) is 0 Å². The molecule has 0 spiro atoms. The van der Waals surface area contributed by atoms with Crippen LogP contribution in [0.3, 0.4) is 0 Å². The molecule has 0 saturated carbocycles. The van der Waals surface area contributed by atoms with E-state index in [0.717, 1.165) is 66.0 Å². The van der Waals surface area contributed by atoms with Gasteiger partial charge in [-0.15, -0.1) is 0 Å². The molecule has 1 aliphatic rings. The molecule has 1 fully saturated rings. The van der Waals surface area contributed by atoms with Gasteiger partial charge in [0.2, 0.25) is 0 Å². The van der Waals surface area contributed by atoms with Crippen molar-refractivity contribution >= 4 is 45.2 Å². The minimum Gasteiger partial charge on any atom is -0.480 e. The predicted octanol–water partition coefficient (Wildman–Crippen LogP) is 7.61. The Labute approximate surface area is 303 Å². The first kappa shape index (κ1) is 40.6. The third kappa shape index (κ3) is 13.1. The molecule has 0 aliphatic carbocycles. The van der Waals surface area contributed by atoms with E-state index >= 15 is 0 Å². The number of hydrogen-bond acceptors (Lipinski definition) is 7. The fourth-order valence-corrected chi connectivity index (χ4v) is 8.39. The number of carboxylic acids is 1. The SMILES string of the molecule is CC[C@@H](C)CSC.CSCC1CCC(Cc2ccccc2)N1Cc1ccc(C(=O)NC(CCS(C)(=O)=O)C(=O)O)c(-c2ccccc2C)c1. The van der Waals surface area contributed by atoms with E-state index < -0.39 is 27.8 Å². The molecule has 7 nitrogen and oxygen atoms in total. The maximum Gasteiger partial charge on any atom is 0.326 e. The van der Waals surface area contributed by atoms with Crippen molar-refractivity contribution in [1.82, 2.24) is 10.2 Å². The van der Waals surface area contributed by atoms with Crippen molar-refractivity contribution in [1.29, 1.82) is 0 Å². The number of likely N-dealkylation sites (tertiary alicyclic amines) is 1. The molecule has 3 aromatic carbocycles. The number of carbonyl (C=O) groups is 2. The third-order valence-corrected chi connectivity index (χ3v) is 11.7. The summed E-state index contributed by atoms with van der Waals surface area (Å²) in [4.78, 5) is 28.0. The van der Waals surface area contributed by atoms with Crippen LogP contribution in [-0.2, 0) is 27.6 Å². The zero-order valence-electron chi connectivity index (χ0n) is 29.9. The van der Waals surface area contributed by atoms with E-state index in [1.165, 1.54) is 17.7 Å². The van der Waals surface area contributed by atoms with E-state index in [9.17, 15) is 23.1 Å². The summed E-state index contributed by atoms with van der Waals surface area (Å²) >= 11 is 3.80. The zero-order chi connectivity index (χ0) is 36.0. The van der Waals surface area contributed by atoms with Crippen LogP contribution in [0.25, 0.3) is 11.1 Å². The standard InChI is InChI=1S/C33H40N2O5S2.C6H14S/c1-23-9-7-8-12-28(23)30-20-25(13-16-29(30)32(36)34-31(33(37)38)17-18-42(3,39)40)21-35-26(14-15-27(35)22-41-2)19-24-10-5-4-6-11-24;1-4-6(2)5-7-3/h4-13,16,20,26-27,31H,14-15,17-19,21-22H2,1-3H3,(H,34,36)(H,37,38);6H,4-5H2,1-3H3/t;6-/m.1/s1. The Morgan fingerprint density at radius 1 is 0.939 bits per heavy atom. The Morgan fingerprint density at radius 3 is 2.20 bits per heavy atom. The van der Waals surface area contributed by atoms with Crippen LogP contribution < -0.4 is 5.32 Å². The first-order valence-electron chi connectivity index (χ1n) is 17.0. The predicted molar refractivity (Wildman–Crippen MR) is 209 cm³/mol. The molecule has 1 saturated heterocycles. The maximum atomic E-state index is 13.5. The van der Waals surface area contributed by atoms with Crippen LogP contribution in [0.4, 0.5) is 0 Å². The number of amides is 1. The number of carbonyl (C=O) groups excluding carboxylic acids is 1. The van der Waals surface area contributed by atoms with E-state index in [1.807, 2.05) is 66.8 Å². The Kier molecular flexibility index (Phi) is 16.7. The molecule has 0 aromatic heterocycles. The molecular weight excluding hydrogens is 673 g/mol. The average molecular weight is 727 g/mol. The van der Waals surface area contributed by atoms with Crippen LogP contribution in [-0.4, -0.2) is 84.5 Å². The molecule has 0 bridgehead atoms. The first-order chi connectivity index (χ1) is 23.4. The molecule has 1 amide bonds. The minimum absolute atomic E-state index is 0.202. The molecular formula is C39H54N2O5S3. The highest BCUT2D eigenvalue weighted by molar-refractivity contribution is 7.98. The van der Waals surface area contributed by atoms with Gasteiger partial charge in [-0.05, 0) is 96.7 Å². The lowest BCUT2D eigenvalue weighted by atomic mass is 9.93. The minimum atomic E-state index is -3.38. The molecule has 3 unspecified atom stereocenters. The Hall–Kier alpha value is -2.79. The quantitative estimate of drug-likeness (QED) is 0.156. The van der Waals surface area contributed by atoms with E-state index in [2.05, 4.69) is 66.9 Å². The number of rotatable bonds is 16. The van der Waals surface area contributed by atoms with Gasteiger partial charge in [-0.3, -0.25) is 9.69 Å². The van der Waals surface area contributed by atoms with Crippen LogP contribution in [0.15, 0.2) is 72.8 Å². The van der Waals surface area contributed by atoms with Gasteiger partial charge in [-0.25, -0.2) is 13.2 Å². The van der Waals surface area contributed by atoms with Crippen LogP contribution in [0.1, 0.15) is 66.6 Å². The lowest BCUT2D eigenvalue weighted by Gasteiger charge is -2.30. The molecule has 4 atom stereocenters. The van der Waals surface area contributed by atoms with Crippen molar-refractivity contribution in [3.63, 3.8) is 0 Å². The number of nitrogens with zero attached hydrogens (tertiary/aromatic N) is 1. The smallest absolute Gasteiger partial charge is 0.326 e. The van der Waals surface area contributed by atoms with E-state index in [-0.39, 0.29) is 12.2 Å². The third-order valence-electron chi connectivity index (χ3n) is 9.10. The number of sulfone groups is 1. The number of hydrogen-bond donors (Lipinski definition) is 2. The lowest BCUT2D eigenvalue weighted by Crippen LogP contribution is -2.42. The summed E-state index contributed by atoms with van der Waals surface area (Å²) in [7, 11) is -3.38. The van der Waals surface area contributed by atoms with Crippen molar-refractivity contribution in [3.05, 3.63) is 95.1 Å².